The van der Waals surface area contributed by atoms with Crippen LogP contribution in [-0.4, -0.2) is 45.2 Å². The second kappa shape index (κ2) is 5.75. The normalized spacial score (nSPS) is 22.7. The Morgan fingerprint density at radius 1 is 1.45 bits per heavy atom. The summed E-state index contributed by atoms with van der Waals surface area (Å²) in [4.78, 5) is 0. The molecule has 1 atom stereocenters. The molecule has 0 amide bonds. The van der Waals surface area contributed by atoms with E-state index in [-0.39, 0.29) is 21.6 Å². The van der Waals surface area contributed by atoms with Gasteiger partial charge < -0.3 is 0 Å². The molecule has 8 heteroatoms. The predicted octanol–water partition coefficient (Wildman–Crippen LogP) is 1.58. The number of rotatable bonds is 5. The van der Waals surface area contributed by atoms with Crippen LogP contribution in [0.15, 0.2) is 21.7 Å². The van der Waals surface area contributed by atoms with Crippen LogP contribution in [0.1, 0.15) is 20.3 Å². The van der Waals surface area contributed by atoms with Crippen molar-refractivity contribution in [2.45, 2.75) is 30.5 Å². The molecule has 0 saturated carbocycles. The number of hydrogen-bond donors (Lipinski definition) is 0. The lowest BCUT2D eigenvalue weighted by molar-refractivity contribution is 0.308. The Morgan fingerprint density at radius 3 is 2.60 bits per heavy atom. The largest absolute Gasteiger partial charge is 0.252 e. The van der Waals surface area contributed by atoms with Gasteiger partial charge in [0.1, 0.15) is 4.21 Å². The smallest absolute Gasteiger partial charge is 0.229 e. The molecule has 0 aromatic carbocycles. The molecule has 0 bridgehead atoms. The second-order valence-electron chi connectivity index (χ2n) is 5.46. The van der Waals surface area contributed by atoms with E-state index in [0.29, 0.717) is 13.0 Å². The molecule has 0 spiro atoms. The average Bonchev–Trinajstić information content (AvgIpc) is 2.94. The Kier molecular flexibility index (Phi) is 4.58. The van der Waals surface area contributed by atoms with Crippen molar-refractivity contribution >= 4 is 31.2 Å². The van der Waals surface area contributed by atoms with E-state index >= 15 is 0 Å². The van der Waals surface area contributed by atoms with E-state index in [4.69, 9.17) is 0 Å². The van der Waals surface area contributed by atoms with Gasteiger partial charge in [-0.25, -0.2) is 16.8 Å². The van der Waals surface area contributed by atoms with E-state index in [0.717, 1.165) is 11.3 Å². The Balaban J connectivity index is 2.34. The quantitative estimate of drug-likeness (QED) is 0.818. The van der Waals surface area contributed by atoms with Crippen molar-refractivity contribution in [2.24, 2.45) is 5.92 Å². The number of sulfonamides is 1. The topological polar surface area (TPSA) is 71.5 Å². The van der Waals surface area contributed by atoms with Gasteiger partial charge in [-0.3, -0.25) is 0 Å². The van der Waals surface area contributed by atoms with E-state index in [1.165, 1.54) is 4.31 Å². The summed E-state index contributed by atoms with van der Waals surface area (Å²) >= 11 is 1.16. The third kappa shape index (κ3) is 3.41. The molecular weight excluding hydrogens is 318 g/mol. The minimum Gasteiger partial charge on any atom is -0.229 e. The number of thiophene rings is 1. The first-order valence-electron chi connectivity index (χ1n) is 6.48. The summed E-state index contributed by atoms with van der Waals surface area (Å²) in [6.07, 6.45) is 0.389. The highest BCUT2D eigenvalue weighted by atomic mass is 32.2. The highest BCUT2D eigenvalue weighted by molar-refractivity contribution is 7.92. The molecule has 0 aliphatic carbocycles. The van der Waals surface area contributed by atoms with Gasteiger partial charge in [0.2, 0.25) is 0 Å². The minimum atomic E-state index is -3.60. The fraction of sp³-hybridized carbons (Fsp3) is 0.667. The lowest BCUT2D eigenvalue weighted by Gasteiger charge is -2.28. The van der Waals surface area contributed by atoms with Crippen LogP contribution in [0.5, 0.6) is 0 Å². The molecule has 1 aliphatic heterocycles. The molecular formula is C12H19NO4S3. The zero-order valence-corrected chi connectivity index (χ0v) is 14.0. The summed E-state index contributed by atoms with van der Waals surface area (Å²) < 4.78 is 50.3. The molecule has 1 unspecified atom stereocenters. The Hall–Kier alpha value is -0.440. The van der Waals surface area contributed by atoms with Crippen LogP contribution in [0.2, 0.25) is 0 Å². The molecule has 2 rings (SSSR count). The number of hydrogen-bond acceptors (Lipinski definition) is 5. The zero-order chi connectivity index (χ0) is 15.0. The van der Waals surface area contributed by atoms with Crippen molar-refractivity contribution < 1.29 is 16.8 Å². The summed E-state index contributed by atoms with van der Waals surface area (Å²) in [7, 11) is -6.71. The van der Waals surface area contributed by atoms with Crippen LogP contribution in [0.3, 0.4) is 0 Å². The van der Waals surface area contributed by atoms with Crippen molar-refractivity contribution in [2.75, 3.05) is 18.1 Å². The minimum absolute atomic E-state index is 0.0652. The van der Waals surface area contributed by atoms with Gasteiger partial charge in [0.25, 0.3) is 10.0 Å². The summed E-state index contributed by atoms with van der Waals surface area (Å²) in [5.41, 5.74) is 0. The fourth-order valence-corrected chi connectivity index (χ4v) is 7.09. The number of sulfone groups is 1. The van der Waals surface area contributed by atoms with Crippen molar-refractivity contribution in [3.8, 4) is 0 Å². The van der Waals surface area contributed by atoms with Crippen LogP contribution in [0, 0.1) is 5.92 Å². The summed E-state index contributed by atoms with van der Waals surface area (Å²) in [5.74, 6) is 0.157. The molecule has 5 nitrogen and oxygen atoms in total. The van der Waals surface area contributed by atoms with Crippen LogP contribution >= 0.6 is 11.3 Å². The van der Waals surface area contributed by atoms with E-state index < -0.39 is 25.9 Å². The first-order valence-corrected chi connectivity index (χ1v) is 10.6. The molecule has 1 fully saturated rings. The third-order valence-corrected chi connectivity index (χ3v) is 8.26. The van der Waals surface area contributed by atoms with Crippen LogP contribution in [-0.2, 0) is 19.9 Å². The molecule has 1 aromatic rings. The highest BCUT2D eigenvalue weighted by Gasteiger charge is 2.39. The lowest BCUT2D eigenvalue weighted by atomic mass is 10.2. The van der Waals surface area contributed by atoms with Gasteiger partial charge in [-0.05, 0) is 23.8 Å². The van der Waals surface area contributed by atoms with Crippen LogP contribution in [0.4, 0.5) is 0 Å². The van der Waals surface area contributed by atoms with Gasteiger partial charge in [-0.15, -0.1) is 11.3 Å². The number of nitrogens with zero attached hydrogens (tertiary/aromatic N) is 1. The average molecular weight is 337 g/mol. The van der Waals surface area contributed by atoms with Gasteiger partial charge in [0.15, 0.2) is 9.84 Å². The molecule has 1 aliphatic rings. The third-order valence-electron chi connectivity index (χ3n) is 3.22. The van der Waals surface area contributed by atoms with Gasteiger partial charge >= 0.3 is 0 Å². The Bertz CT molecular complexity index is 647. The van der Waals surface area contributed by atoms with Gasteiger partial charge in [-0.2, -0.15) is 4.31 Å². The van der Waals surface area contributed by atoms with E-state index in [1.807, 2.05) is 13.8 Å². The standard InChI is InChI=1S/C12H19NO4S3/c1-10(2)8-13(11-5-7-19(14,15)9-11)20(16,17)12-4-3-6-18-12/h3-4,6,10-11H,5,7-9H2,1-2H3. The highest BCUT2D eigenvalue weighted by Crippen LogP contribution is 2.28. The van der Waals surface area contributed by atoms with Gasteiger partial charge in [0.05, 0.1) is 11.5 Å². The van der Waals surface area contributed by atoms with Crippen molar-refractivity contribution in [1.82, 2.24) is 4.31 Å². The summed E-state index contributed by atoms with van der Waals surface area (Å²) in [5, 5.41) is 1.71. The Labute approximate surface area is 124 Å². The molecule has 114 valence electrons. The van der Waals surface area contributed by atoms with Gasteiger partial charge in [0, 0.05) is 12.6 Å². The van der Waals surface area contributed by atoms with E-state index in [2.05, 4.69) is 0 Å². The first-order chi connectivity index (χ1) is 9.22. The van der Waals surface area contributed by atoms with E-state index in [9.17, 15) is 16.8 Å². The van der Waals surface area contributed by atoms with Gasteiger partial charge in [-0.1, -0.05) is 19.9 Å². The first kappa shape index (κ1) is 15.9. The van der Waals surface area contributed by atoms with E-state index in [1.54, 1.807) is 17.5 Å². The summed E-state index contributed by atoms with van der Waals surface area (Å²) in [6, 6.07) is 2.82. The molecule has 1 saturated heterocycles. The molecule has 20 heavy (non-hydrogen) atoms. The maximum atomic E-state index is 12.7. The van der Waals surface area contributed by atoms with Crippen LogP contribution < -0.4 is 0 Å². The zero-order valence-electron chi connectivity index (χ0n) is 11.5. The molecule has 1 aromatic heterocycles. The predicted molar refractivity (Wildman–Crippen MR) is 80.1 cm³/mol. The second-order valence-corrected chi connectivity index (χ2v) is 10.8. The fourth-order valence-electron chi connectivity index (χ4n) is 2.33. The monoisotopic (exact) mass is 337 g/mol. The van der Waals surface area contributed by atoms with Crippen molar-refractivity contribution in [3.05, 3.63) is 17.5 Å². The molecule has 0 N–H and O–H groups in total. The Morgan fingerprint density at radius 2 is 2.15 bits per heavy atom. The maximum absolute atomic E-state index is 12.7. The molecule has 0 radical (unpaired) electrons. The van der Waals surface area contributed by atoms with Crippen molar-refractivity contribution in [3.63, 3.8) is 0 Å². The SMILES string of the molecule is CC(C)CN(C1CCS(=O)(=O)C1)S(=O)(=O)c1cccs1. The molecule has 2 heterocycles. The maximum Gasteiger partial charge on any atom is 0.252 e. The summed E-state index contributed by atoms with van der Waals surface area (Å²) in [6.45, 7) is 4.21. The lowest BCUT2D eigenvalue weighted by Crippen LogP contribution is -2.42. The van der Waals surface area contributed by atoms with Crippen molar-refractivity contribution in [1.29, 1.82) is 0 Å². The van der Waals surface area contributed by atoms with Crippen LogP contribution in [0.25, 0.3) is 0 Å².